The maximum atomic E-state index is 11.5. The van der Waals surface area contributed by atoms with Crippen LogP contribution in [0.4, 0.5) is 10.7 Å². The molecule has 0 fully saturated rings. The fourth-order valence-corrected chi connectivity index (χ4v) is 1.21. The van der Waals surface area contributed by atoms with E-state index in [1.54, 1.807) is 27.7 Å². The van der Waals surface area contributed by atoms with Gasteiger partial charge in [0.25, 0.3) is 0 Å². The Balaban J connectivity index is 2.89. The fourth-order valence-electron chi connectivity index (χ4n) is 1.21. The number of hydrogen-bond donors (Lipinski definition) is 2. The number of hydrogen-bond acceptors (Lipinski definition) is 6. The number of carbonyl (C=O) groups excluding carboxylic acids is 1. The molecule has 0 unspecified atom stereocenters. The summed E-state index contributed by atoms with van der Waals surface area (Å²) in [4.78, 5) is 30.0. The summed E-state index contributed by atoms with van der Waals surface area (Å²) in [6, 6.07) is 0. The number of carboxylic acids is 1. The van der Waals surface area contributed by atoms with Crippen LogP contribution < -0.4 is 10.1 Å². The molecule has 1 aromatic heterocycles. The average Bonchev–Trinajstić information content (AvgIpc) is 2.26. The highest BCUT2D eigenvalue weighted by molar-refractivity contribution is 5.90. The summed E-state index contributed by atoms with van der Waals surface area (Å²) in [5.74, 6) is -1.41. The molecule has 0 radical (unpaired) electrons. The predicted octanol–water partition coefficient (Wildman–Crippen LogP) is 1.92. The standard InChI is InChI=1S/C12H17N3O5/c1-5-19-8-7(9(16)17)6-13-10(14-8)15-11(18)20-12(2,3)4/h6H,5H2,1-4H3,(H,16,17)(H,13,14,15,18). The third-order valence-corrected chi connectivity index (χ3v) is 1.88. The van der Waals surface area contributed by atoms with E-state index in [0.29, 0.717) is 0 Å². The molecule has 0 aliphatic carbocycles. The van der Waals surface area contributed by atoms with Crippen LogP contribution in [0.5, 0.6) is 5.88 Å². The Morgan fingerprint density at radius 3 is 2.55 bits per heavy atom. The number of aromatic nitrogens is 2. The lowest BCUT2D eigenvalue weighted by molar-refractivity contribution is 0.0633. The topological polar surface area (TPSA) is 111 Å². The molecular formula is C12H17N3O5. The summed E-state index contributed by atoms with van der Waals surface area (Å²) in [7, 11) is 0. The first kappa shape index (κ1) is 15.7. The third kappa shape index (κ3) is 4.71. The summed E-state index contributed by atoms with van der Waals surface area (Å²) < 4.78 is 10.1. The number of nitrogens with zero attached hydrogens (tertiary/aromatic N) is 2. The summed E-state index contributed by atoms with van der Waals surface area (Å²) in [6.07, 6.45) is 0.329. The number of anilines is 1. The number of aromatic carboxylic acids is 1. The zero-order valence-electron chi connectivity index (χ0n) is 11.8. The molecule has 0 atom stereocenters. The first-order chi connectivity index (χ1) is 9.23. The second kappa shape index (κ2) is 6.18. The molecule has 0 bridgehead atoms. The fraction of sp³-hybridized carbons (Fsp3) is 0.500. The lowest BCUT2D eigenvalue weighted by Gasteiger charge is -2.19. The minimum absolute atomic E-state index is 0.0901. The number of nitrogens with one attached hydrogen (secondary N) is 1. The lowest BCUT2D eigenvalue weighted by Crippen LogP contribution is -2.28. The lowest BCUT2D eigenvalue weighted by atomic mass is 10.2. The summed E-state index contributed by atoms with van der Waals surface area (Å²) in [6.45, 7) is 7.07. The van der Waals surface area contributed by atoms with Crippen LogP contribution in [0.1, 0.15) is 38.1 Å². The van der Waals surface area contributed by atoms with Crippen molar-refractivity contribution in [1.82, 2.24) is 9.97 Å². The number of ether oxygens (including phenoxy) is 2. The zero-order chi connectivity index (χ0) is 15.3. The van der Waals surface area contributed by atoms with Crippen molar-refractivity contribution < 1.29 is 24.2 Å². The summed E-state index contributed by atoms with van der Waals surface area (Å²) >= 11 is 0. The van der Waals surface area contributed by atoms with E-state index in [2.05, 4.69) is 15.3 Å². The van der Waals surface area contributed by atoms with Crippen molar-refractivity contribution in [2.24, 2.45) is 0 Å². The molecule has 8 heteroatoms. The molecule has 0 aliphatic rings. The molecule has 0 saturated carbocycles. The largest absolute Gasteiger partial charge is 0.477 e. The van der Waals surface area contributed by atoms with Gasteiger partial charge in [-0.05, 0) is 27.7 Å². The van der Waals surface area contributed by atoms with Crippen LogP contribution in [0.15, 0.2) is 6.20 Å². The Kier molecular flexibility index (Phi) is 4.84. The second-order valence-corrected chi connectivity index (χ2v) is 4.78. The zero-order valence-corrected chi connectivity index (χ0v) is 11.8. The molecule has 1 rings (SSSR count). The Labute approximate surface area is 116 Å². The van der Waals surface area contributed by atoms with Crippen LogP contribution in [0.25, 0.3) is 0 Å². The van der Waals surface area contributed by atoms with E-state index in [1.807, 2.05) is 0 Å². The van der Waals surface area contributed by atoms with Gasteiger partial charge in [-0.25, -0.2) is 14.6 Å². The van der Waals surface area contributed by atoms with E-state index in [4.69, 9.17) is 14.6 Å². The van der Waals surface area contributed by atoms with E-state index in [-0.39, 0.29) is 24.0 Å². The number of rotatable bonds is 4. The minimum atomic E-state index is -1.21. The van der Waals surface area contributed by atoms with Crippen molar-refractivity contribution in [1.29, 1.82) is 0 Å². The molecule has 2 N–H and O–H groups in total. The van der Waals surface area contributed by atoms with Crippen molar-refractivity contribution in [3.05, 3.63) is 11.8 Å². The predicted molar refractivity (Wildman–Crippen MR) is 70.0 cm³/mol. The van der Waals surface area contributed by atoms with Crippen LogP contribution in [-0.4, -0.2) is 39.3 Å². The first-order valence-corrected chi connectivity index (χ1v) is 5.96. The highest BCUT2D eigenvalue weighted by Crippen LogP contribution is 2.17. The molecule has 0 aromatic carbocycles. The smallest absolute Gasteiger partial charge is 0.414 e. The van der Waals surface area contributed by atoms with Crippen LogP contribution in [0.3, 0.4) is 0 Å². The van der Waals surface area contributed by atoms with Crippen molar-refractivity contribution in [2.75, 3.05) is 11.9 Å². The van der Waals surface area contributed by atoms with Crippen molar-refractivity contribution >= 4 is 18.0 Å². The molecule has 1 aromatic rings. The van der Waals surface area contributed by atoms with E-state index in [9.17, 15) is 9.59 Å². The van der Waals surface area contributed by atoms with Crippen LogP contribution >= 0.6 is 0 Å². The molecule has 0 saturated heterocycles. The average molecular weight is 283 g/mol. The molecular weight excluding hydrogens is 266 g/mol. The van der Waals surface area contributed by atoms with Gasteiger partial charge in [0.1, 0.15) is 11.2 Å². The van der Waals surface area contributed by atoms with E-state index in [1.165, 1.54) is 0 Å². The van der Waals surface area contributed by atoms with Crippen LogP contribution in [0.2, 0.25) is 0 Å². The van der Waals surface area contributed by atoms with Gasteiger partial charge in [0.15, 0.2) is 0 Å². The van der Waals surface area contributed by atoms with Gasteiger partial charge in [0.05, 0.1) is 12.8 Å². The third-order valence-electron chi connectivity index (χ3n) is 1.88. The normalized spacial score (nSPS) is 10.8. The maximum Gasteiger partial charge on any atom is 0.414 e. The minimum Gasteiger partial charge on any atom is -0.477 e. The van der Waals surface area contributed by atoms with Crippen molar-refractivity contribution in [3.8, 4) is 5.88 Å². The molecule has 1 heterocycles. The first-order valence-electron chi connectivity index (χ1n) is 5.96. The Hall–Kier alpha value is -2.38. The summed E-state index contributed by atoms with van der Waals surface area (Å²) in [5, 5.41) is 11.3. The number of carboxylic acid groups (broad SMARTS) is 1. The van der Waals surface area contributed by atoms with Crippen molar-refractivity contribution in [3.63, 3.8) is 0 Å². The van der Waals surface area contributed by atoms with E-state index >= 15 is 0 Å². The SMILES string of the molecule is CCOc1nc(NC(=O)OC(C)(C)C)ncc1C(=O)O. The van der Waals surface area contributed by atoms with Gasteiger partial charge in [-0.15, -0.1) is 0 Å². The highest BCUT2D eigenvalue weighted by Gasteiger charge is 2.19. The van der Waals surface area contributed by atoms with Gasteiger partial charge in [-0.3, -0.25) is 5.32 Å². The summed E-state index contributed by atoms with van der Waals surface area (Å²) in [5.41, 5.74) is -0.838. The maximum absolute atomic E-state index is 11.5. The second-order valence-electron chi connectivity index (χ2n) is 4.78. The monoisotopic (exact) mass is 283 g/mol. The van der Waals surface area contributed by atoms with E-state index < -0.39 is 17.7 Å². The van der Waals surface area contributed by atoms with Gasteiger partial charge in [0, 0.05) is 0 Å². The van der Waals surface area contributed by atoms with E-state index in [0.717, 1.165) is 6.20 Å². The molecule has 0 aliphatic heterocycles. The highest BCUT2D eigenvalue weighted by atomic mass is 16.6. The Morgan fingerprint density at radius 1 is 1.40 bits per heavy atom. The van der Waals surface area contributed by atoms with Crippen molar-refractivity contribution in [2.45, 2.75) is 33.3 Å². The molecule has 20 heavy (non-hydrogen) atoms. The van der Waals surface area contributed by atoms with Gasteiger partial charge in [0.2, 0.25) is 11.8 Å². The van der Waals surface area contributed by atoms with Crippen LogP contribution in [-0.2, 0) is 4.74 Å². The quantitative estimate of drug-likeness (QED) is 0.868. The Bertz CT molecular complexity index is 510. The van der Waals surface area contributed by atoms with Crippen LogP contribution in [0, 0.1) is 0 Å². The van der Waals surface area contributed by atoms with Gasteiger partial charge in [-0.1, -0.05) is 0 Å². The molecule has 8 nitrogen and oxygen atoms in total. The number of amides is 1. The molecule has 110 valence electrons. The molecule has 0 spiro atoms. The Morgan fingerprint density at radius 2 is 2.05 bits per heavy atom. The van der Waals surface area contributed by atoms with Gasteiger partial charge >= 0.3 is 12.1 Å². The molecule has 1 amide bonds. The van der Waals surface area contributed by atoms with Gasteiger partial charge < -0.3 is 14.6 Å². The van der Waals surface area contributed by atoms with Gasteiger partial charge in [-0.2, -0.15) is 4.98 Å². The number of carbonyl (C=O) groups is 2.